The van der Waals surface area contributed by atoms with Gasteiger partial charge in [0.1, 0.15) is 0 Å². The second kappa shape index (κ2) is 6.89. The topological polar surface area (TPSA) is 52.6 Å². The van der Waals surface area contributed by atoms with Crippen molar-refractivity contribution in [2.24, 2.45) is 0 Å². The van der Waals surface area contributed by atoms with Crippen molar-refractivity contribution in [2.45, 2.75) is 25.4 Å². The largest absolute Gasteiger partial charge is 0.393 e. The van der Waals surface area contributed by atoms with E-state index in [0.717, 1.165) is 38.2 Å². The van der Waals surface area contributed by atoms with Crippen molar-refractivity contribution in [2.75, 3.05) is 25.0 Å². The quantitative estimate of drug-likeness (QED) is 0.889. The number of benzene rings is 1. The summed E-state index contributed by atoms with van der Waals surface area (Å²) in [5, 5.41) is 12.9. The van der Waals surface area contributed by atoms with Crippen LogP contribution in [-0.2, 0) is 4.79 Å². The standard InChI is InChI=1S/C14H19ClN2O2/c15-11-1-3-12(4-2-11)16-14(19)7-10-17-8-5-13(18)6-9-17/h1-4,13,18H,5-10H2,(H,16,19). The third kappa shape index (κ3) is 4.82. The molecule has 104 valence electrons. The molecule has 1 heterocycles. The van der Waals surface area contributed by atoms with E-state index in [2.05, 4.69) is 10.2 Å². The van der Waals surface area contributed by atoms with Gasteiger partial charge >= 0.3 is 0 Å². The van der Waals surface area contributed by atoms with E-state index < -0.39 is 0 Å². The Kier molecular flexibility index (Phi) is 5.19. The lowest BCUT2D eigenvalue weighted by molar-refractivity contribution is -0.116. The van der Waals surface area contributed by atoms with Gasteiger partial charge in [-0.05, 0) is 37.1 Å². The SMILES string of the molecule is O=C(CCN1CCC(O)CC1)Nc1ccc(Cl)cc1. The first-order chi connectivity index (χ1) is 9.13. The minimum Gasteiger partial charge on any atom is -0.393 e. The van der Waals surface area contributed by atoms with Crippen molar-refractivity contribution in [3.63, 3.8) is 0 Å². The molecule has 2 N–H and O–H groups in total. The predicted octanol–water partition coefficient (Wildman–Crippen LogP) is 2.13. The van der Waals surface area contributed by atoms with Crippen LogP contribution in [0.2, 0.25) is 5.02 Å². The molecular formula is C14H19ClN2O2. The Bertz CT molecular complexity index is 414. The number of aliphatic hydroxyl groups is 1. The average molecular weight is 283 g/mol. The van der Waals surface area contributed by atoms with E-state index in [1.807, 2.05) is 0 Å². The summed E-state index contributed by atoms with van der Waals surface area (Å²) in [4.78, 5) is 14.0. The third-order valence-corrected chi connectivity index (χ3v) is 3.59. The van der Waals surface area contributed by atoms with E-state index in [9.17, 15) is 9.90 Å². The predicted molar refractivity (Wildman–Crippen MR) is 76.4 cm³/mol. The highest BCUT2D eigenvalue weighted by Crippen LogP contribution is 2.14. The molecule has 0 saturated carbocycles. The van der Waals surface area contributed by atoms with Crippen molar-refractivity contribution in [1.82, 2.24) is 4.90 Å². The van der Waals surface area contributed by atoms with Crippen LogP contribution in [0.25, 0.3) is 0 Å². The second-order valence-electron chi connectivity index (χ2n) is 4.88. The number of anilines is 1. The monoisotopic (exact) mass is 282 g/mol. The molecular weight excluding hydrogens is 264 g/mol. The Morgan fingerprint density at radius 1 is 1.32 bits per heavy atom. The molecule has 0 aliphatic carbocycles. The van der Waals surface area contributed by atoms with Gasteiger partial charge in [-0.15, -0.1) is 0 Å². The highest BCUT2D eigenvalue weighted by Gasteiger charge is 2.17. The minimum atomic E-state index is -0.167. The molecule has 1 amide bonds. The number of aliphatic hydroxyl groups excluding tert-OH is 1. The van der Waals surface area contributed by atoms with Gasteiger partial charge in [-0.1, -0.05) is 11.6 Å². The van der Waals surface area contributed by atoms with Crippen LogP contribution < -0.4 is 5.32 Å². The maximum absolute atomic E-state index is 11.8. The number of nitrogens with one attached hydrogen (secondary N) is 1. The smallest absolute Gasteiger partial charge is 0.225 e. The van der Waals surface area contributed by atoms with Crippen molar-refractivity contribution >= 4 is 23.2 Å². The zero-order valence-electron chi connectivity index (χ0n) is 10.8. The lowest BCUT2D eigenvalue weighted by atomic mass is 10.1. The van der Waals surface area contributed by atoms with Crippen LogP contribution in [0.3, 0.4) is 0 Å². The minimum absolute atomic E-state index is 0.00782. The zero-order valence-corrected chi connectivity index (χ0v) is 11.6. The van der Waals surface area contributed by atoms with E-state index in [0.29, 0.717) is 11.4 Å². The summed E-state index contributed by atoms with van der Waals surface area (Å²) in [6.07, 6.45) is 1.91. The van der Waals surface area contributed by atoms with Crippen LogP contribution >= 0.6 is 11.6 Å². The van der Waals surface area contributed by atoms with E-state index in [1.165, 1.54) is 0 Å². The summed E-state index contributed by atoms with van der Waals surface area (Å²) in [5.74, 6) is 0.00782. The molecule has 0 unspecified atom stereocenters. The molecule has 1 aliphatic rings. The molecule has 19 heavy (non-hydrogen) atoms. The molecule has 0 aromatic heterocycles. The van der Waals surface area contributed by atoms with Crippen molar-refractivity contribution in [1.29, 1.82) is 0 Å². The van der Waals surface area contributed by atoms with Gasteiger partial charge in [-0.3, -0.25) is 4.79 Å². The van der Waals surface area contributed by atoms with Gasteiger partial charge in [0.05, 0.1) is 6.10 Å². The average Bonchev–Trinajstić information content (AvgIpc) is 2.41. The van der Waals surface area contributed by atoms with Gasteiger partial charge in [-0.2, -0.15) is 0 Å². The van der Waals surface area contributed by atoms with Gasteiger partial charge in [0.15, 0.2) is 0 Å². The van der Waals surface area contributed by atoms with Crippen LogP contribution in [0.15, 0.2) is 24.3 Å². The molecule has 1 fully saturated rings. The van der Waals surface area contributed by atoms with Crippen LogP contribution in [0.1, 0.15) is 19.3 Å². The van der Waals surface area contributed by atoms with E-state index >= 15 is 0 Å². The summed E-state index contributed by atoms with van der Waals surface area (Å²) in [6, 6.07) is 7.08. The first kappa shape index (κ1) is 14.3. The number of rotatable bonds is 4. The number of nitrogens with zero attached hydrogens (tertiary/aromatic N) is 1. The van der Waals surface area contributed by atoms with E-state index in [4.69, 9.17) is 11.6 Å². The maximum Gasteiger partial charge on any atom is 0.225 e. The number of piperidine rings is 1. The van der Waals surface area contributed by atoms with Gasteiger partial charge in [0.25, 0.3) is 0 Å². The molecule has 1 aromatic rings. The summed E-state index contributed by atoms with van der Waals surface area (Å²) in [6.45, 7) is 2.48. The van der Waals surface area contributed by atoms with E-state index in [1.54, 1.807) is 24.3 Å². The fourth-order valence-electron chi connectivity index (χ4n) is 2.16. The molecule has 0 radical (unpaired) electrons. The Hall–Kier alpha value is -1.10. The molecule has 1 aliphatic heterocycles. The Morgan fingerprint density at radius 3 is 2.58 bits per heavy atom. The number of carbonyl (C=O) groups is 1. The molecule has 0 bridgehead atoms. The Labute approximate surface area is 118 Å². The molecule has 4 nitrogen and oxygen atoms in total. The lowest BCUT2D eigenvalue weighted by Gasteiger charge is -2.29. The lowest BCUT2D eigenvalue weighted by Crippen LogP contribution is -2.37. The number of hydrogen-bond acceptors (Lipinski definition) is 3. The molecule has 0 spiro atoms. The molecule has 0 atom stereocenters. The summed E-state index contributed by atoms with van der Waals surface area (Å²) in [7, 11) is 0. The molecule has 1 aromatic carbocycles. The van der Waals surface area contributed by atoms with Crippen LogP contribution in [0.4, 0.5) is 5.69 Å². The van der Waals surface area contributed by atoms with Crippen LogP contribution in [-0.4, -0.2) is 41.7 Å². The second-order valence-corrected chi connectivity index (χ2v) is 5.31. The number of halogens is 1. The van der Waals surface area contributed by atoms with Crippen molar-refractivity contribution in [3.05, 3.63) is 29.3 Å². The zero-order chi connectivity index (χ0) is 13.7. The summed E-state index contributed by atoms with van der Waals surface area (Å²) < 4.78 is 0. The highest BCUT2D eigenvalue weighted by atomic mass is 35.5. The van der Waals surface area contributed by atoms with Gasteiger partial charge < -0.3 is 15.3 Å². The van der Waals surface area contributed by atoms with E-state index in [-0.39, 0.29) is 12.0 Å². The van der Waals surface area contributed by atoms with Gasteiger partial charge in [0.2, 0.25) is 5.91 Å². The first-order valence-corrected chi connectivity index (χ1v) is 6.97. The van der Waals surface area contributed by atoms with Crippen LogP contribution in [0, 0.1) is 0 Å². The van der Waals surface area contributed by atoms with Crippen molar-refractivity contribution in [3.8, 4) is 0 Å². The Balaban J connectivity index is 1.71. The summed E-state index contributed by atoms with van der Waals surface area (Å²) in [5.41, 5.74) is 0.767. The molecule has 1 saturated heterocycles. The van der Waals surface area contributed by atoms with Crippen LogP contribution in [0.5, 0.6) is 0 Å². The molecule has 5 heteroatoms. The van der Waals surface area contributed by atoms with Gasteiger partial charge in [0, 0.05) is 36.8 Å². The highest BCUT2D eigenvalue weighted by molar-refractivity contribution is 6.30. The molecule has 2 rings (SSSR count). The van der Waals surface area contributed by atoms with Gasteiger partial charge in [-0.25, -0.2) is 0 Å². The number of hydrogen-bond donors (Lipinski definition) is 2. The third-order valence-electron chi connectivity index (χ3n) is 3.34. The summed E-state index contributed by atoms with van der Waals surface area (Å²) >= 11 is 5.78. The number of amides is 1. The number of likely N-dealkylation sites (tertiary alicyclic amines) is 1. The first-order valence-electron chi connectivity index (χ1n) is 6.59. The number of carbonyl (C=O) groups excluding carboxylic acids is 1. The Morgan fingerprint density at radius 2 is 1.95 bits per heavy atom. The fraction of sp³-hybridized carbons (Fsp3) is 0.500. The maximum atomic E-state index is 11.8. The van der Waals surface area contributed by atoms with Crippen molar-refractivity contribution < 1.29 is 9.90 Å². The normalized spacial score (nSPS) is 17.4. The fourth-order valence-corrected chi connectivity index (χ4v) is 2.29.